The Morgan fingerprint density at radius 2 is 1.93 bits per heavy atom. The number of aromatic nitrogens is 5. The topological polar surface area (TPSA) is 103 Å². The number of nitrogens with two attached hydrogens (primary N) is 1. The third kappa shape index (κ3) is 3.85. The van der Waals surface area contributed by atoms with Gasteiger partial charge in [-0.2, -0.15) is 5.10 Å². The van der Waals surface area contributed by atoms with Gasteiger partial charge in [0, 0.05) is 36.4 Å². The molecule has 0 fully saturated rings. The van der Waals surface area contributed by atoms with Crippen LogP contribution in [0.4, 0.5) is 5.69 Å². The van der Waals surface area contributed by atoms with Crippen LogP contribution in [-0.2, 0) is 0 Å². The Morgan fingerprint density at radius 3 is 2.53 bits per heavy atom. The van der Waals surface area contributed by atoms with Crippen molar-refractivity contribution < 1.29 is 4.79 Å². The number of rotatable bonds is 5. The van der Waals surface area contributed by atoms with Gasteiger partial charge in [-0.15, -0.1) is 0 Å². The lowest BCUT2D eigenvalue weighted by Crippen LogP contribution is -2.15. The van der Waals surface area contributed by atoms with Gasteiger partial charge in [0.2, 0.25) is 0 Å². The van der Waals surface area contributed by atoms with Gasteiger partial charge in [0.25, 0.3) is 5.91 Å². The number of anilines is 1. The number of fused-ring (bicyclic) bond motifs is 2. The summed E-state index contributed by atoms with van der Waals surface area (Å²) in [6.07, 6.45) is 7.90. The molecule has 8 heteroatoms. The minimum absolute atomic E-state index is 0.240. The molecule has 1 amide bonds. The van der Waals surface area contributed by atoms with E-state index in [0.717, 1.165) is 22.3 Å². The zero-order valence-electron chi connectivity index (χ0n) is 18.2. The summed E-state index contributed by atoms with van der Waals surface area (Å²) in [4.78, 5) is 20.5. The van der Waals surface area contributed by atoms with Gasteiger partial charge in [0.1, 0.15) is 11.3 Å². The van der Waals surface area contributed by atoms with Crippen molar-refractivity contribution in [2.45, 2.75) is 46.6 Å². The molecule has 0 aliphatic carbocycles. The predicted molar refractivity (Wildman–Crippen MR) is 121 cm³/mol. The van der Waals surface area contributed by atoms with Crippen molar-refractivity contribution >= 4 is 28.3 Å². The molecule has 0 unspecified atom stereocenters. The first-order valence-corrected chi connectivity index (χ1v) is 10.2. The summed E-state index contributed by atoms with van der Waals surface area (Å²) < 4.78 is 3.59. The fraction of sp³-hybridized carbons (Fsp3) is 0.364. The van der Waals surface area contributed by atoms with Gasteiger partial charge in [-0.3, -0.25) is 4.79 Å². The second-order valence-corrected chi connectivity index (χ2v) is 7.35. The van der Waals surface area contributed by atoms with E-state index in [9.17, 15) is 4.79 Å². The molecule has 0 aliphatic heterocycles. The lowest BCUT2D eigenvalue weighted by molar-refractivity contribution is 0.0993. The normalized spacial score (nSPS) is 11.0. The fourth-order valence-corrected chi connectivity index (χ4v) is 3.13. The van der Waals surface area contributed by atoms with E-state index in [-0.39, 0.29) is 11.7 Å². The SMILES string of the molecule is CCCC.CNc1cc(-c2cn(C(C)C)c3ncccc23)nn2c(C(N)=O)cnc12. The van der Waals surface area contributed by atoms with Crippen molar-refractivity contribution in [2.24, 2.45) is 5.73 Å². The highest BCUT2D eigenvalue weighted by Gasteiger charge is 2.18. The van der Waals surface area contributed by atoms with Gasteiger partial charge in [-0.25, -0.2) is 14.5 Å². The number of carbonyl (C=O) groups is 1. The predicted octanol–water partition coefficient (Wildman–Crippen LogP) is 4.27. The van der Waals surface area contributed by atoms with Crippen molar-refractivity contribution in [3.05, 3.63) is 42.5 Å². The van der Waals surface area contributed by atoms with Crippen LogP contribution in [0.3, 0.4) is 0 Å². The van der Waals surface area contributed by atoms with Crippen LogP contribution in [0.2, 0.25) is 0 Å². The molecule has 0 aromatic carbocycles. The zero-order chi connectivity index (χ0) is 21.8. The minimum Gasteiger partial charge on any atom is -0.385 e. The van der Waals surface area contributed by atoms with E-state index in [1.807, 2.05) is 24.4 Å². The van der Waals surface area contributed by atoms with Crippen molar-refractivity contribution in [1.29, 1.82) is 0 Å². The zero-order valence-corrected chi connectivity index (χ0v) is 18.2. The summed E-state index contributed by atoms with van der Waals surface area (Å²) in [7, 11) is 1.80. The highest BCUT2D eigenvalue weighted by Crippen LogP contribution is 2.32. The highest BCUT2D eigenvalue weighted by molar-refractivity contribution is 5.95. The Bertz CT molecular complexity index is 1170. The maximum atomic E-state index is 11.7. The Balaban J connectivity index is 0.000000589. The van der Waals surface area contributed by atoms with Crippen LogP contribution in [-0.4, -0.2) is 37.1 Å². The Morgan fingerprint density at radius 1 is 1.20 bits per heavy atom. The number of nitrogens with zero attached hydrogens (tertiary/aromatic N) is 5. The van der Waals surface area contributed by atoms with Crippen LogP contribution in [0, 0.1) is 0 Å². The van der Waals surface area contributed by atoms with Crippen LogP contribution in [0.1, 0.15) is 57.1 Å². The molecule has 0 spiro atoms. The van der Waals surface area contributed by atoms with E-state index < -0.39 is 5.91 Å². The summed E-state index contributed by atoms with van der Waals surface area (Å²) >= 11 is 0. The molecule has 0 saturated heterocycles. The Hall–Kier alpha value is -3.42. The maximum Gasteiger partial charge on any atom is 0.269 e. The van der Waals surface area contributed by atoms with Crippen LogP contribution >= 0.6 is 0 Å². The quantitative estimate of drug-likeness (QED) is 0.514. The molecule has 30 heavy (non-hydrogen) atoms. The van der Waals surface area contributed by atoms with E-state index in [0.29, 0.717) is 11.3 Å². The van der Waals surface area contributed by atoms with Crippen LogP contribution in [0.25, 0.3) is 27.9 Å². The number of pyridine rings is 1. The molecule has 3 N–H and O–H groups in total. The van der Waals surface area contributed by atoms with Crippen LogP contribution in [0.5, 0.6) is 0 Å². The van der Waals surface area contributed by atoms with Crippen molar-refractivity contribution in [3.63, 3.8) is 0 Å². The second kappa shape index (κ2) is 8.94. The molecular weight excluding hydrogens is 378 g/mol. The monoisotopic (exact) mass is 407 g/mol. The van der Waals surface area contributed by atoms with Gasteiger partial charge in [-0.1, -0.05) is 26.7 Å². The largest absolute Gasteiger partial charge is 0.385 e. The molecule has 4 rings (SSSR count). The number of hydrogen-bond acceptors (Lipinski definition) is 5. The number of unbranched alkanes of at least 4 members (excludes halogenated alkanes) is 1. The van der Waals surface area contributed by atoms with Gasteiger partial charge >= 0.3 is 0 Å². The number of amides is 1. The Labute approximate surface area is 176 Å². The van der Waals surface area contributed by atoms with Gasteiger partial charge < -0.3 is 15.6 Å². The second-order valence-electron chi connectivity index (χ2n) is 7.35. The molecule has 0 atom stereocenters. The smallest absolute Gasteiger partial charge is 0.269 e. The van der Waals surface area contributed by atoms with E-state index in [2.05, 4.69) is 52.6 Å². The molecule has 4 aromatic rings. The first-order valence-electron chi connectivity index (χ1n) is 10.2. The molecule has 8 nitrogen and oxygen atoms in total. The third-order valence-corrected chi connectivity index (χ3v) is 4.91. The lowest BCUT2D eigenvalue weighted by Gasteiger charge is -2.08. The first-order chi connectivity index (χ1) is 14.4. The molecule has 4 heterocycles. The summed E-state index contributed by atoms with van der Waals surface area (Å²) in [5.41, 5.74) is 9.55. The third-order valence-electron chi connectivity index (χ3n) is 4.91. The van der Waals surface area contributed by atoms with E-state index >= 15 is 0 Å². The average molecular weight is 408 g/mol. The highest BCUT2D eigenvalue weighted by atomic mass is 16.1. The first kappa shape index (κ1) is 21.3. The fourth-order valence-electron chi connectivity index (χ4n) is 3.13. The number of hydrogen-bond donors (Lipinski definition) is 2. The molecule has 0 saturated carbocycles. The molecular formula is C22H29N7O. The van der Waals surface area contributed by atoms with Gasteiger partial charge in [0.05, 0.1) is 17.6 Å². The molecule has 0 aliphatic rings. The van der Waals surface area contributed by atoms with Crippen molar-refractivity contribution in [2.75, 3.05) is 12.4 Å². The lowest BCUT2D eigenvalue weighted by atomic mass is 10.1. The summed E-state index contributed by atoms with van der Waals surface area (Å²) in [5, 5.41) is 8.74. The standard InChI is InChI=1S/C18H19N7O.C4H10/c1-10(2)24-9-12(11-5-4-6-21-17(11)24)13-7-14(20-3)18-22-8-15(16(19)26)25(18)23-13;1-3-4-2/h4-10,20H,1-3H3,(H2,19,26);3-4H2,1-2H3. The summed E-state index contributed by atoms with van der Waals surface area (Å²) in [5.74, 6) is -0.574. The Kier molecular flexibility index (Phi) is 6.34. The van der Waals surface area contributed by atoms with E-state index in [4.69, 9.17) is 5.73 Å². The number of carbonyl (C=O) groups excluding carboxylic acids is 1. The maximum absolute atomic E-state index is 11.7. The summed E-state index contributed by atoms with van der Waals surface area (Å²) in [6.45, 7) is 8.57. The molecule has 0 bridgehead atoms. The van der Waals surface area contributed by atoms with Gasteiger partial charge in [0.15, 0.2) is 5.65 Å². The average Bonchev–Trinajstić information content (AvgIpc) is 3.35. The molecule has 4 aromatic heterocycles. The van der Waals surface area contributed by atoms with Gasteiger partial charge in [-0.05, 0) is 32.0 Å². The van der Waals surface area contributed by atoms with Crippen LogP contribution in [0.15, 0.2) is 36.8 Å². The van der Waals surface area contributed by atoms with E-state index in [1.165, 1.54) is 23.6 Å². The van der Waals surface area contributed by atoms with Crippen molar-refractivity contribution in [3.8, 4) is 11.3 Å². The number of nitrogens with one attached hydrogen (secondary N) is 1. The molecule has 0 radical (unpaired) electrons. The summed E-state index contributed by atoms with van der Waals surface area (Å²) in [6, 6.07) is 6.09. The van der Waals surface area contributed by atoms with Crippen LogP contribution < -0.4 is 11.1 Å². The minimum atomic E-state index is -0.574. The molecule has 158 valence electrons. The van der Waals surface area contributed by atoms with Crippen molar-refractivity contribution in [1.82, 2.24) is 24.1 Å². The number of primary amides is 1. The number of imidazole rings is 1. The van der Waals surface area contributed by atoms with E-state index in [1.54, 1.807) is 13.2 Å².